The van der Waals surface area contributed by atoms with E-state index in [4.69, 9.17) is 9.47 Å². The summed E-state index contributed by atoms with van der Waals surface area (Å²) in [5, 5.41) is 1.57. The van der Waals surface area contributed by atoms with Crippen molar-refractivity contribution in [2.24, 2.45) is 0 Å². The molecule has 6 rings (SSSR count). The van der Waals surface area contributed by atoms with Gasteiger partial charge in [-0.15, -0.1) is 0 Å². The van der Waals surface area contributed by atoms with E-state index in [1.54, 1.807) is 12.1 Å². The number of hydrogen-bond acceptors (Lipinski definition) is 8. The van der Waals surface area contributed by atoms with Gasteiger partial charge in [-0.2, -0.15) is 4.31 Å². The van der Waals surface area contributed by atoms with Crippen LogP contribution in [-0.4, -0.2) is 88.0 Å². The van der Waals surface area contributed by atoms with E-state index in [1.165, 1.54) is 35.0 Å². The van der Waals surface area contributed by atoms with E-state index < -0.39 is 27.8 Å². The molecule has 214 valence electrons. The second-order valence-electron chi connectivity index (χ2n) is 10.3. The maximum Gasteiger partial charge on any atom is 0.338 e. The van der Waals surface area contributed by atoms with Gasteiger partial charge in [0.2, 0.25) is 10.0 Å². The van der Waals surface area contributed by atoms with Crippen molar-refractivity contribution >= 4 is 44.3 Å². The minimum Gasteiger partial charge on any atom is -0.460 e. The highest BCUT2D eigenvalue weighted by Gasteiger charge is 2.34. The molecule has 3 aromatic rings. The van der Waals surface area contributed by atoms with Gasteiger partial charge in [-0.25, -0.2) is 13.2 Å². The predicted molar refractivity (Wildman–Crippen MR) is 152 cm³/mol. The highest BCUT2D eigenvalue weighted by molar-refractivity contribution is 7.89. The van der Waals surface area contributed by atoms with Crippen LogP contribution in [0.25, 0.3) is 10.8 Å². The fourth-order valence-corrected chi connectivity index (χ4v) is 7.16. The van der Waals surface area contributed by atoms with E-state index in [0.29, 0.717) is 29.7 Å². The first-order chi connectivity index (χ1) is 19.9. The van der Waals surface area contributed by atoms with Crippen LogP contribution in [0, 0.1) is 0 Å². The molecule has 0 unspecified atom stereocenters. The fraction of sp³-hybridized carbons (Fsp3) is 0.367. The van der Waals surface area contributed by atoms with Crippen LogP contribution in [0.3, 0.4) is 0 Å². The van der Waals surface area contributed by atoms with Crippen LogP contribution >= 0.6 is 0 Å². The quantitative estimate of drug-likeness (QED) is 0.311. The van der Waals surface area contributed by atoms with Gasteiger partial charge in [-0.1, -0.05) is 12.1 Å². The van der Waals surface area contributed by atoms with Crippen LogP contribution in [0.5, 0.6) is 0 Å². The number of carbonyl (C=O) groups excluding carboxylic acids is 3. The third kappa shape index (κ3) is 5.09. The number of anilines is 1. The highest BCUT2D eigenvalue weighted by Crippen LogP contribution is 2.36. The number of piperidine rings is 1. The van der Waals surface area contributed by atoms with Crippen LogP contribution < -0.4 is 4.90 Å². The Balaban J connectivity index is 1.13. The number of ether oxygens (including phenoxy) is 2. The molecule has 2 amide bonds. The van der Waals surface area contributed by atoms with Crippen molar-refractivity contribution in [1.29, 1.82) is 0 Å². The van der Waals surface area contributed by atoms with Crippen molar-refractivity contribution < 1.29 is 32.3 Å². The van der Waals surface area contributed by atoms with E-state index in [9.17, 15) is 22.8 Å². The number of benzene rings is 3. The fourth-order valence-electron chi connectivity index (χ4n) is 5.76. The Morgan fingerprint density at radius 2 is 1.51 bits per heavy atom. The number of nitrogens with zero attached hydrogens (tertiary/aromatic N) is 3. The van der Waals surface area contributed by atoms with Gasteiger partial charge in [0.1, 0.15) is 6.61 Å². The molecule has 0 bridgehead atoms. The Morgan fingerprint density at radius 1 is 0.829 bits per heavy atom. The monoisotopic (exact) mass is 577 g/mol. The van der Waals surface area contributed by atoms with Crippen LogP contribution in [-0.2, 0) is 19.5 Å². The number of esters is 1. The first-order valence-electron chi connectivity index (χ1n) is 13.9. The third-order valence-electron chi connectivity index (χ3n) is 7.91. The standard InChI is InChI=1S/C30H31N3O7S/c34-28-24-6-4-5-23-26(31-13-2-1-3-14-31)12-11-25(27(23)24)29(35)33(28)17-20-40-30(36)21-7-9-22(10-8-21)41(37,38)32-15-18-39-19-16-32/h4-12H,1-3,13-20H2. The van der Waals surface area contributed by atoms with Crippen LogP contribution in [0.15, 0.2) is 59.5 Å². The molecule has 3 aliphatic heterocycles. The molecular weight excluding hydrogens is 546 g/mol. The van der Waals surface area contributed by atoms with E-state index in [0.717, 1.165) is 41.9 Å². The molecule has 0 aliphatic carbocycles. The molecule has 0 spiro atoms. The number of amides is 2. The minimum atomic E-state index is -3.68. The summed E-state index contributed by atoms with van der Waals surface area (Å²) in [6, 6.07) is 14.8. The second-order valence-corrected chi connectivity index (χ2v) is 12.3. The first kappa shape index (κ1) is 27.4. The molecule has 0 atom stereocenters. The normalized spacial score (nSPS) is 18.1. The van der Waals surface area contributed by atoms with Crippen molar-refractivity contribution in [3.8, 4) is 0 Å². The van der Waals surface area contributed by atoms with Gasteiger partial charge in [0.15, 0.2) is 0 Å². The average Bonchev–Trinajstić information content (AvgIpc) is 3.02. The van der Waals surface area contributed by atoms with Crippen molar-refractivity contribution in [2.45, 2.75) is 24.2 Å². The minimum absolute atomic E-state index is 0.0803. The number of carbonyl (C=O) groups is 3. The lowest BCUT2D eigenvalue weighted by atomic mass is 9.92. The third-order valence-corrected chi connectivity index (χ3v) is 9.82. The van der Waals surface area contributed by atoms with E-state index in [1.807, 2.05) is 18.2 Å². The summed E-state index contributed by atoms with van der Waals surface area (Å²) < 4.78 is 37.6. The predicted octanol–water partition coefficient (Wildman–Crippen LogP) is 3.30. The molecule has 0 aromatic heterocycles. The lowest BCUT2D eigenvalue weighted by molar-refractivity contribution is 0.0405. The van der Waals surface area contributed by atoms with E-state index in [2.05, 4.69) is 4.90 Å². The first-order valence-corrected chi connectivity index (χ1v) is 15.3. The van der Waals surface area contributed by atoms with Crippen molar-refractivity contribution in [3.05, 3.63) is 71.3 Å². The summed E-state index contributed by atoms with van der Waals surface area (Å²) in [7, 11) is -3.68. The Bertz CT molecular complexity index is 1590. The number of morpholine rings is 1. The summed E-state index contributed by atoms with van der Waals surface area (Å²) in [5.74, 6) is -1.51. The average molecular weight is 578 g/mol. The molecule has 41 heavy (non-hydrogen) atoms. The van der Waals surface area contributed by atoms with E-state index >= 15 is 0 Å². The molecule has 2 saturated heterocycles. The topological polar surface area (TPSA) is 114 Å². The molecule has 2 fully saturated rings. The second kappa shape index (κ2) is 11.2. The highest BCUT2D eigenvalue weighted by atomic mass is 32.2. The molecule has 3 aliphatic rings. The Kier molecular flexibility index (Phi) is 7.50. The summed E-state index contributed by atoms with van der Waals surface area (Å²) in [5.41, 5.74) is 2.12. The zero-order valence-electron chi connectivity index (χ0n) is 22.6. The summed E-state index contributed by atoms with van der Waals surface area (Å²) in [6.45, 7) is 2.84. The molecular formula is C30H31N3O7S. The summed E-state index contributed by atoms with van der Waals surface area (Å²) in [4.78, 5) is 43.0. The van der Waals surface area contributed by atoms with Crippen LogP contribution in [0.2, 0.25) is 0 Å². The smallest absolute Gasteiger partial charge is 0.338 e. The van der Waals surface area contributed by atoms with Crippen molar-refractivity contribution in [3.63, 3.8) is 0 Å². The van der Waals surface area contributed by atoms with E-state index in [-0.39, 0.29) is 36.7 Å². The SMILES string of the molecule is O=C(OCCN1C(=O)c2cccc3c(N4CCCCC4)ccc(c23)C1=O)c1ccc(S(=O)(=O)N2CCOCC2)cc1. The Labute approximate surface area is 238 Å². The number of rotatable bonds is 7. The summed E-state index contributed by atoms with van der Waals surface area (Å²) >= 11 is 0. The van der Waals surface area contributed by atoms with Gasteiger partial charge in [0.05, 0.1) is 30.2 Å². The molecule has 10 nitrogen and oxygen atoms in total. The van der Waals surface area contributed by atoms with Gasteiger partial charge in [0.25, 0.3) is 11.8 Å². The lowest BCUT2D eigenvalue weighted by Gasteiger charge is -2.32. The number of imide groups is 1. The number of sulfonamides is 1. The van der Waals surface area contributed by atoms with Gasteiger partial charge < -0.3 is 14.4 Å². The largest absolute Gasteiger partial charge is 0.460 e. The van der Waals surface area contributed by atoms with Crippen molar-refractivity contribution in [1.82, 2.24) is 9.21 Å². The molecule has 3 aromatic carbocycles. The lowest BCUT2D eigenvalue weighted by Crippen LogP contribution is -2.42. The van der Waals surface area contributed by atoms with Gasteiger partial charge in [0, 0.05) is 53.8 Å². The van der Waals surface area contributed by atoms with Crippen LogP contribution in [0.4, 0.5) is 5.69 Å². The maximum atomic E-state index is 13.4. The summed E-state index contributed by atoms with van der Waals surface area (Å²) in [6.07, 6.45) is 3.44. The molecule has 0 radical (unpaired) electrons. The molecule has 3 heterocycles. The van der Waals surface area contributed by atoms with Crippen LogP contribution in [0.1, 0.15) is 50.3 Å². The van der Waals surface area contributed by atoms with Gasteiger partial charge in [-0.05, 0) is 61.7 Å². The Morgan fingerprint density at radius 3 is 2.22 bits per heavy atom. The van der Waals surface area contributed by atoms with Gasteiger partial charge in [-0.3, -0.25) is 14.5 Å². The molecule has 0 N–H and O–H groups in total. The zero-order chi connectivity index (χ0) is 28.6. The Hall–Kier alpha value is -3.80. The zero-order valence-corrected chi connectivity index (χ0v) is 23.4. The van der Waals surface area contributed by atoms with Crippen molar-refractivity contribution in [2.75, 3.05) is 57.4 Å². The number of hydrogen-bond donors (Lipinski definition) is 0. The molecule has 0 saturated carbocycles. The maximum absolute atomic E-state index is 13.4. The van der Waals surface area contributed by atoms with Gasteiger partial charge >= 0.3 is 5.97 Å². The molecule has 11 heteroatoms.